The minimum absolute atomic E-state index is 0.0207. The van der Waals surface area contributed by atoms with Gasteiger partial charge in [0.15, 0.2) is 0 Å². The number of carboxylic acid groups (broad SMARTS) is 1. The Balaban J connectivity index is 3.04. The molecule has 1 aromatic carbocycles. The standard InChI is InChI=1S/C14H20O4/c1-3-4-8-12(13(16)17)14(2,18)10-6-5-7-11(15)9-10/h5-7,9,12,15,18H,3-4,8H2,1-2H3,(H,16,17). The van der Waals surface area contributed by atoms with Gasteiger partial charge >= 0.3 is 5.97 Å². The summed E-state index contributed by atoms with van der Waals surface area (Å²) in [5, 5.41) is 29.1. The van der Waals surface area contributed by atoms with Crippen LogP contribution in [0.3, 0.4) is 0 Å². The van der Waals surface area contributed by atoms with Crippen LogP contribution in [0, 0.1) is 5.92 Å². The SMILES string of the molecule is CCCCC(C(=O)O)C(C)(O)c1cccc(O)c1. The monoisotopic (exact) mass is 252 g/mol. The average molecular weight is 252 g/mol. The molecule has 0 fully saturated rings. The van der Waals surface area contributed by atoms with E-state index in [1.165, 1.54) is 19.1 Å². The molecule has 0 saturated heterocycles. The van der Waals surface area contributed by atoms with Crippen molar-refractivity contribution in [3.63, 3.8) is 0 Å². The first-order chi connectivity index (χ1) is 8.39. The summed E-state index contributed by atoms with van der Waals surface area (Å²) in [5.74, 6) is -1.87. The van der Waals surface area contributed by atoms with Crippen molar-refractivity contribution in [1.29, 1.82) is 0 Å². The summed E-state index contributed by atoms with van der Waals surface area (Å²) in [6.07, 6.45) is 2.03. The van der Waals surface area contributed by atoms with Crippen LogP contribution in [0.25, 0.3) is 0 Å². The normalized spacial score (nSPS) is 15.9. The van der Waals surface area contributed by atoms with E-state index in [0.717, 1.165) is 12.8 Å². The molecule has 0 heterocycles. The Hall–Kier alpha value is -1.55. The van der Waals surface area contributed by atoms with E-state index in [1.807, 2.05) is 6.92 Å². The van der Waals surface area contributed by atoms with Crippen molar-refractivity contribution >= 4 is 5.97 Å². The van der Waals surface area contributed by atoms with Gasteiger partial charge in [-0.2, -0.15) is 0 Å². The molecule has 18 heavy (non-hydrogen) atoms. The number of carbonyl (C=O) groups is 1. The molecule has 0 aliphatic carbocycles. The van der Waals surface area contributed by atoms with Crippen LogP contribution in [0.5, 0.6) is 5.75 Å². The topological polar surface area (TPSA) is 77.8 Å². The number of aliphatic hydroxyl groups is 1. The van der Waals surface area contributed by atoms with E-state index in [2.05, 4.69) is 0 Å². The largest absolute Gasteiger partial charge is 0.508 e. The van der Waals surface area contributed by atoms with Gasteiger partial charge in [-0.05, 0) is 31.0 Å². The second kappa shape index (κ2) is 5.87. The Bertz CT molecular complexity index is 412. The van der Waals surface area contributed by atoms with Crippen molar-refractivity contribution in [1.82, 2.24) is 0 Å². The smallest absolute Gasteiger partial charge is 0.309 e. The maximum absolute atomic E-state index is 11.3. The third kappa shape index (κ3) is 3.23. The Morgan fingerprint density at radius 1 is 1.44 bits per heavy atom. The summed E-state index contributed by atoms with van der Waals surface area (Å²) in [6, 6.07) is 6.11. The molecule has 4 nitrogen and oxygen atoms in total. The van der Waals surface area contributed by atoms with E-state index in [9.17, 15) is 20.1 Å². The third-order valence-electron chi connectivity index (χ3n) is 3.25. The number of unbranched alkanes of at least 4 members (excludes halogenated alkanes) is 1. The third-order valence-corrected chi connectivity index (χ3v) is 3.25. The van der Waals surface area contributed by atoms with E-state index >= 15 is 0 Å². The van der Waals surface area contributed by atoms with Crippen molar-refractivity contribution < 1.29 is 20.1 Å². The van der Waals surface area contributed by atoms with Crippen LogP contribution in [-0.2, 0) is 10.4 Å². The molecule has 0 saturated carbocycles. The summed E-state index contributed by atoms with van der Waals surface area (Å²) in [7, 11) is 0. The molecule has 2 atom stereocenters. The zero-order valence-electron chi connectivity index (χ0n) is 10.8. The first-order valence-electron chi connectivity index (χ1n) is 6.14. The fourth-order valence-corrected chi connectivity index (χ4v) is 2.08. The molecule has 0 bridgehead atoms. The predicted molar refractivity (Wildman–Crippen MR) is 68.3 cm³/mol. The van der Waals surface area contributed by atoms with Crippen LogP contribution >= 0.6 is 0 Å². The molecule has 0 radical (unpaired) electrons. The molecule has 3 N–H and O–H groups in total. The van der Waals surface area contributed by atoms with Crippen molar-refractivity contribution in [3.8, 4) is 5.75 Å². The maximum atomic E-state index is 11.3. The number of aromatic hydroxyl groups is 1. The Morgan fingerprint density at radius 3 is 2.61 bits per heavy atom. The van der Waals surface area contributed by atoms with E-state index in [4.69, 9.17) is 0 Å². The van der Waals surface area contributed by atoms with Crippen molar-refractivity contribution in [2.45, 2.75) is 38.7 Å². The first kappa shape index (κ1) is 14.5. The Morgan fingerprint density at radius 2 is 2.11 bits per heavy atom. The molecule has 0 spiro atoms. The first-order valence-corrected chi connectivity index (χ1v) is 6.14. The lowest BCUT2D eigenvalue weighted by Crippen LogP contribution is -2.37. The maximum Gasteiger partial charge on any atom is 0.309 e. The lowest BCUT2D eigenvalue weighted by molar-refractivity contribution is -0.152. The van der Waals surface area contributed by atoms with E-state index in [-0.39, 0.29) is 5.75 Å². The van der Waals surface area contributed by atoms with Crippen LogP contribution in [0.1, 0.15) is 38.7 Å². The molecule has 0 aromatic heterocycles. The summed E-state index contributed by atoms with van der Waals surface area (Å²) >= 11 is 0. The minimum atomic E-state index is -1.49. The summed E-state index contributed by atoms with van der Waals surface area (Å²) in [4.78, 5) is 11.3. The van der Waals surface area contributed by atoms with Crippen LogP contribution in [-0.4, -0.2) is 21.3 Å². The van der Waals surface area contributed by atoms with Gasteiger partial charge in [0.05, 0.1) is 5.92 Å². The van der Waals surface area contributed by atoms with Gasteiger partial charge in [-0.15, -0.1) is 0 Å². The number of phenolic OH excluding ortho intramolecular Hbond substituents is 1. The van der Waals surface area contributed by atoms with Crippen molar-refractivity contribution in [2.24, 2.45) is 5.92 Å². The molecular formula is C14H20O4. The van der Waals surface area contributed by atoms with E-state index in [1.54, 1.807) is 12.1 Å². The highest BCUT2D eigenvalue weighted by Crippen LogP contribution is 2.34. The van der Waals surface area contributed by atoms with E-state index in [0.29, 0.717) is 12.0 Å². The zero-order valence-corrected chi connectivity index (χ0v) is 10.8. The molecule has 0 aliphatic heterocycles. The fraction of sp³-hybridized carbons (Fsp3) is 0.500. The summed E-state index contributed by atoms with van der Waals surface area (Å²) in [5.41, 5.74) is -1.06. The van der Waals surface area contributed by atoms with Gasteiger partial charge in [0.1, 0.15) is 11.4 Å². The molecule has 100 valence electrons. The van der Waals surface area contributed by atoms with Crippen molar-refractivity contribution in [3.05, 3.63) is 29.8 Å². The zero-order chi connectivity index (χ0) is 13.8. The van der Waals surface area contributed by atoms with Crippen LogP contribution in [0.4, 0.5) is 0 Å². The van der Waals surface area contributed by atoms with Crippen LogP contribution in [0.2, 0.25) is 0 Å². The number of phenols is 1. The lowest BCUT2D eigenvalue weighted by Gasteiger charge is -2.30. The van der Waals surface area contributed by atoms with Gasteiger partial charge < -0.3 is 15.3 Å². The Labute approximate surface area is 107 Å². The molecule has 0 aliphatic rings. The second-order valence-corrected chi connectivity index (χ2v) is 4.73. The highest BCUT2D eigenvalue weighted by molar-refractivity contribution is 5.72. The number of benzene rings is 1. The number of aliphatic carboxylic acids is 1. The molecule has 1 rings (SSSR count). The Kier molecular flexibility index (Phi) is 4.73. The van der Waals surface area contributed by atoms with Crippen LogP contribution in [0.15, 0.2) is 24.3 Å². The number of hydrogen-bond donors (Lipinski definition) is 3. The molecule has 2 unspecified atom stereocenters. The average Bonchev–Trinajstić information content (AvgIpc) is 2.28. The molecular weight excluding hydrogens is 232 g/mol. The van der Waals surface area contributed by atoms with E-state index < -0.39 is 17.5 Å². The number of hydrogen-bond acceptors (Lipinski definition) is 3. The summed E-state index contributed by atoms with van der Waals surface area (Å²) in [6.45, 7) is 3.46. The number of carboxylic acids is 1. The minimum Gasteiger partial charge on any atom is -0.508 e. The lowest BCUT2D eigenvalue weighted by atomic mass is 9.80. The molecule has 0 amide bonds. The van der Waals surface area contributed by atoms with Crippen molar-refractivity contribution in [2.75, 3.05) is 0 Å². The molecule has 4 heteroatoms. The number of rotatable bonds is 6. The van der Waals surface area contributed by atoms with Gasteiger partial charge in [0, 0.05) is 0 Å². The fourth-order valence-electron chi connectivity index (χ4n) is 2.08. The summed E-state index contributed by atoms with van der Waals surface area (Å²) < 4.78 is 0. The van der Waals surface area contributed by atoms with Crippen LogP contribution < -0.4 is 0 Å². The van der Waals surface area contributed by atoms with Gasteiger partial charge in [-0.3, -0.25) is 4.79 Å². The predicted octanol–water partition coefficient (Wildman–Crippen LogP) is 2.49. The van der Waals surface area contributed by atoms with Gasteiger partial charge in [0.25, 0.3) is 0 Å². The quantitative estimate of drug-likeness (QED) is 0.727. The van der Waals surface area contributed by atoms with Gasteiger partial charge in [-0.25, -0.2) is 0 Å². The molecule has 1 aromatic rings. The highest BCUT2D eigenvalue weighted by atomic mass is 16.4. The highest BCUT2D eigenvalue weighted by Gasteiger charge is 2.38. The van der Waals surface area contributed by atoms with Gasteiger partial charge in [0.2, 0.25) is 0 Å². The van der Waals surface area contributed by atoms with Gasteiger partial charge in [-0.1, -0.05) is 31.9 Å². The second-order valence-electron chi connectivity index (χ2n) is 4.73.